The van der Waals surface area contributed by atoms with E-state index in [4.69, 9.17) is 0 Å². The molecule has 1 aliphatic heterocycles. The first-order valence-corrected chi connectivity index (χ1v) is 7.07. The highest BCUT2D eigenvalue weighted by Gasteiger charge is 2.16. The van der Waals surface area contributed by atoms with Crippen molar-refractivity contribution >= 4 is 33.4 Å². The van der Waals surface area contributed by atoms with Crippen molar-refractivity contribution in [2.24, 2.45) is 5.92 Å². The molecular formula is C11H12BrF2NS. The lowest BCUT2D eigenvalue weighted by atomic mass is 10.1. The first kappa shape index (κ1) is 12.2. The van der Waals surface area contributed by atoms with E-state index in [9.17, 15) is 8.78 Å². The maximum atomic E-state index is 13.4. The quantitative estimate of drug-likeness (QED) is 0.850. The zero-order chi connectivity index (χ0) is 11.5. The molecule has 1 unspecified atom stereocenters. The molecule has 0 aliphatic carbocycles. The molecule has 1 fully saturated rings. The zero-order valence-corrected chi connectivity index (χ0v) is 11.0. The number of hydrogen-bond acceptors (Lipinski definition) is 2. The molecule has 0 bridgehead atoms. The van der Waals surface area contributed by atoms with Gasteiger partial charge in [-0.25, -0.2) is 8.78 Å². The highest BCUT2D eigenvalue weighted by Crippen LogP contribution is 2.26. The summed E-state index contributed by atoms with van der Waals surface area (Å²) in [5, 5.41) is 2.97. The third kappa shape index (κ3) is 2.88. The second kappa shape index (κ2) is 5.36. The summed E-state index contributed by atoms with van der Waals surface area (Å²) < 4.78 is 26.8. The number of rotatable bonds is 3. The van der Waals surface area contributed by atoms with Crippen molar-refractivity contribution in [2.75, 3.05) is 23.4 Å². The summed E-state index contributed by atoms with van der Waals surface area (Å²) in [5.74, 6) is 1.98. The van der Waals surface area contributed by atoms with Crippen LogP contribution in [0.15, 0.2) is 16.6 Å². The standard InChI is InChI=1S/C11H12BrF2NS/c12-8-3-10(14)11(4-9(8)13)15-5-7-1-2-16-6-7/h3-4,7,15H,1-2,5-6H2. The number of benzene rings is 1. The normalized spacial score (nSPS) is 20.1. The zero-order valence-electron chi connectivity index (χ0n) is 8.60. The van der Waals surface area contributed by atoms with E-state index in [0.717, 1.165) is 18.2 Å². The second-order valence-corrected chi connectivity index (χ2v) is 5.86. The lowest BCUT2D eigenvalue weighted by Crippen LogP contribution is -2.14. The van der Waals surface area contributed by atoms with Gasteiger partial charge in [0.05, 0.1) is 10.2 Å². The molecule has 0 amide bonds. The molecule has 0 spiro atoms. The van der Waals surface area contributed by atoms with Crippen molar-refractivity contribution in [1.82, 2.24) is 0 Å². The van der Waals surface area contributed by atoms with E-state index in [1.165, 1.54) is 11.8 Å². The summed E-state index contributed by atoms with van der Waals surface area (Å²) >= 11 is 4.86. The van der Waals surface area contributed by atoms with Gasteiger partial charge in [0.1, 0.15) is 11.6 Å². The van der Waals surface area contributed by atoms with Crippen LogP contribution in [0.25, 0.3) is 0 Å². The molecule has 0 saturated carbocycles. The van der Waals surface area contributed by atoms with Gasteiger partial charge < -0.3 is 5.32 Å². The van der Waals surface area contributed by atoms with Crippen LogP contribution < -0.4 is 5.32 Å². The Kier molecular flexibility index (Phi) is 4.08. The van der Waals surface area contributed by atoms with E-state index >= 15 is 0 Å². The smallest absolute Gasteiger partial charge is 0.147 e. The molecule has 1 heterocycles. The van der Waals surface area contributed by atoms with Crippen LogP contribution >= 0.6 is 27.7 Å². The van der Waals surface area contributed by atoms with Gasteiger partial charge in [-0.1, -0.05) is 0 Å². The topological polar surface area (TPSA) is 12.0 Å². The summed E-state index contributed by atoms with van der Waals surface area (Å²) in [6, 6.07) is 2.35. The van der Waals surface area contributed by atoms with Gasteiger partial charge in [0.25, 0.3) is 0 Å². The minimum atomic E-state index is -0.440. The Morgan fingerprint density at radius 3 is 2.88 bits per heavy atom. The van der Waals surface area contributed by atoms with Gasteiger partial charge in [0.15, 0.2) is 0 Å². The molecule has 0 radical (unpaired) electrons. The van der Waals surface area contributed by atoms with Crippen LogP contribution in [-0.4, -0.2) is 18.1 Å². The highest BCUT2D eigenvalue weighted by atomic mass is 79.9. The molecule has 88 valence electrons. The molecule has 1 nitrogen and oxygen atoms in total. The first-order chi connectivity index (χ1) is 7.66. The van der Waals surface area contributed by atoms with Gasteiger partial charge in [0, 0.05) is 12.6 Å². The molecule has 1 aliphatic rings. The Morgan fingerprint density at radius 1 is 1.38 bits per heavy atom. The third-order valence-corrected chi connectivity index (χ3v) is 4.45. The van der Waals surface area contributed by atoms with Crippen LogP contribution in [0.2, 0.25) is 0 Å². The number of anilines is 1. The van der Waals surface area contributed by atoms with E-state index in [0.29, 0.717) is 12.5 Å². The molecule has 1 aromatic rings. The molecule has 2 rings (SSSR count). The van der Waals surface area contributed by atoms with E-state index in [1.807, 2.05) is 11.8 Å². The molecule has 0 aromatic heterocycles. The van der Waals surface area contributed by atoms with Gasteiger partial charge in [-0.15, -0.1) is 0 Å². The van der Waals surface area contributed by atoms with Crippen molar-refractivity contribution in [1.29, 1.82) is 0 Å². The van der Waals surface area contributed by atoms with Crippen molar-refractivity contribution in [2.45, 2.75) is 6.42 Å². The summed E-state index contributed by atoms with van der Waals surface area (Å²) in [6.45, 7) is 0.713. The van der Waals surface area contributed by atoms with Crippen LogP contribution in [-0.2, 0) is 0 Å². The fourth-order valence-electron chi connectivity index (χ4n) is 1.66. The predicted octanol–water partition coefficient (Wildman–Crippen LogP) is 3.89. The Bertz CT molecular complexity index is 380. The second-order valence-electron chi connectivity index (χ2n) is 3.86. The largest absolute Gasteiger partial charge is 0.382 e. The highest BCUT2D eigenvalue weighted by molar-refractivity contribution is 9.10. The Balaban J connectivity index is 2.00. The summed E-state index contributed by atoms with van der Waals surface area (Å²) in [7, 11) is 0. The monoisotopic (exact) mass is 307 g/mol. The van der Waals surface area contributed by atoms with Crippen molar-refractivity contribution < 1.29 is 8.78 Å². The minimum Gasteiger partial charge on any atom is -0.382 e. The molecule has 1 N–H and O–H groups in total. The van der Waals surface area contributed by atoms with Crippen molar-refractivity contribution in [3.8, 4) is 0 Å². The lowest BCUT2D eigenvalue weighted by molar-refractivity contribution is 0.589. The molecule has 1 saturated heterocycles. The Morgan fingerprint density at radius 2 is 2.19 bits per heavy atom. The van der Waals surface area contributed by atoms with Crippen molar-refractivity contribution in [3.63, 3.8) is 0 Å². The van der Waals surface area contributed by atoms with Gasteiger partial charge in [0.2, 0.25) is 0 Å². The molecule has 16 heavy (non-hydrogen) atoms. The van der Waals surface area contributed by atoms with Gasteiger partial charge in [-0.3, -0.25) is 0 Å². The summed E-state index contributed by atoms with van der Waals surface area (Å²) in [4.78, 5) is 0. The van der Waals surface area contributed by atoms with E-state index in [2.05, 4.69) is 21.2 Å². The first-order valence-electron chi connectivity index (χ1n) is 5.13. The van der Waals surface area contributed by atoms with Crippen LogP contribution in [0, 0.1) is 17.6 Å². The molecule has 5 heteroatoms. The van der Waals surface area contributed by atoms with Crippen LogP contribution in [0.1, 0.15) is 6.42 Å². The number of halogens is 3. The van der Waals surface area contributed by atoms with Crippen LogP contribution in [0.5, 0.6) is 0 Å². The van der Waals surface area contributed by atoms with E-state index in [1.54, 1.807) is 0 Å². The predicted molar refractivity (Wildman–Crippen MR) is 68.0 cm³/mol. The van der Waals surface area contributed by atoms with Gasteiger partial charge >= 0.3 is 0 Å². The summed E-state index contributed by atoms with van der Waals surface area (Å²) in [6.07, 6.45) is 1.15. The Hall–Kier alpha value is -0.290. The fraction of sp³-hybridized carbons (Fsp3) is 0.455. The fourth-order valence-corrected chi connectivity index (χ4v) is 3.26. The number of nitrogens with one attached hydrogen (secondary N) is 1. The van der Waals surface area contributed by atoms with Gasteiger partial charge in [-0.2, -0.15) is 11.8 Å². The molecule has 1 aromatic carbocycles. The number of hydrogen-bond donors (Lipinski definition) is 1. The maximum Gasteiger partial charge on any atom is 0.147 e. The van der Waals surface area contributed by atoms with Crippen molar-refractivity contribution in [3.05, 3.63) is 28.2 Å². The van der Waals surface area contributed by atoms with E-state index in [-0.39, 0.29) is 10.2 Å². The molecular weight excluding hydrogens is 296 g/mol. The van der Waals surface area contributed by atoms with E-state index < -0.39 is 11.6 Å². The van der Waals surface area contributed by atoms with Crippen LogP contribution in [0.4, 0.5) is 14.5 Å². The average molecular weight is 308 g/mol. The SMILES string of the molecule is Fc1cc(NCC2CCSC2)c(F)cc1Br. The summed E-state index contributed by atoms with van der Waals surface area (Å²) in [5.41, 5.74) is 0.248. The number of thioether (sulfide) groups is 1. The molecule has 1 atom stereocenters. The minimum absolute atomic E-state index is 0.159. The average Bonchev–Trinajstić information content (AvgIpc) is 2.74. The maximum absolute atomic E-state index is 13.4. The van der Waals surface area contributed by atoms with Gasteiger partial charge in [-0.05, 0) is 45.8 Å². The third-order valence-electron chi connectivity index (χ3n) is 2.62. The lowest BCUT2D eigenvalue weighted by Gasteiger charge is -2.12. The van der Waals surface area contributed by atoms with Crippen LogP contribution in [0.3, 0.4) is 0 Å². The Labute approximate surface area is 106 Å².